The van der Waals surface area contributed by atoms with Gasteiger partial charge in [-0.1, -0.05) is 42.5 Å². The Labute approximate surface area is 92.8 Å². The zero-order valence-electron chi connectivity index (χ0n) is 9.33. The Morgan fingerprint density at radius 2 is 1.19 bits per heavy atom. The number of halogens is 3. The molecule has 0 heterocycles. The molecule has 0 unspecified atom stereocenters. The second-order valence-electron chi connectivity index (χ2n) is 3.44. The third-order valence-electron chi connectivity index (χ3n) is 2.32. The van der Waals surface area contributed by atoms with Crippen LogP contribution in [0.4, 0.5) is 13.2 Å². The van der Waals surface area contributed by atoms with Crippen molar-refractivity contribution in [3.05, 3.63) is 60.2 Å². The predicted molar refractivity (Wildman–Crippen MR) is 58.0 cm³/mol. The summed E-state index contributed by atoms with van der Waals surface area (Å²) in [5, 5.41) is 0. The number of benzene rings is 2. The van der Waals surface area contributed by atoms with Crippen molar-refractivity contribution in [2.24, 2.45) is 0 Å². The van der Waals surface area contributed by atoms with E-state index in [9.17, 15) is 13.2 Å². The van der Waals surface area contributed by atoms with Gasteiger partial charge in [0.1, 0.15) is 0 Å². The fourth-order valence-corrected chi connectivity index (χ4v) is 1.48. The van der Waals surface area contributed by atoms with Crippen LogP contribution in [0.2, 0.25) is 0 Å². The molecule has 0 saturated heterocycles. The molecule has 3 heteroatoms. The third kappa shape index (κ3) is 2.24. The van der Waals surface area contributed by atoms with Crippen LogP contribution in [0.25, 0.3) is 11.1 Å². The summed E-state index contributed by atoms with van der Waals surface area (Å²) in [6.45, 7) is 0. The van der Waals surface area contributed by atoms with Gasteiger partial charge in [0, 0.05) is 0 Å². The van der Waals surface area contributed by atoms with E-state index in [2.05, 4.69) is 0 Å². The maximum absolute atomic E-state index is 12.3. The van der Waals surface area contributed by atoms with E-state index in [-0.39, 0.29) is 1.43 Å². The van der Waals surface area contributed by atoms with E-state index in [1.54, 1.807) is 0 Å². The van der Waals surface area contributed by atoms with Crippen LogP contribution in [0.15, 0.2) is 54.6 Å². The van der Waals surface area contributed by atoms with Crippen molar-refractivity contribution in [2.45, 2.75) is 6.18 Å². The zero-order chi connectivity index (χ0) is 11.6. The van der Waals surface area contributed by atoms with Gasteiger partial charge in [-0.3, -0.25) is 0 Å². The summed E-state index contributed by atoms with van der Waals surface area (Å²) in [5.74, 6) is 0. The lowest BCUT2D eigenvalue weighted by molar-refractivity contribution is -0.137. The number of rotatable bonds is 1. The number of alkyl halides is 3. The molecule has 0 amide bonds. The second-order valence-corrected chi connectivity index (χ2v) is 3.44. The molecular weight excluding hydrogens is 213 g/mol. The SMILES string of the molecule is FC(F)(F)c1ccc(-c2ccccc2)cc1.[H+]. The molecule has 0 aliphatic heterocycles. The highest BCUT2D eigenvalue weighted by Gasteiger charge is 2.29. The molecule has 2 aromatic carbocycles. The molecule has 0 radical (unpaired) electrons. The lowest BCUT2D eigenvalue weighted by Gasteiger charge is -2.07. The van der Waals surface area contributed by atoms with E-state index in [1.165, 1.54) is 12.1 Å². The smallest absolute Gasteiger partial charge is 0.166 e. The molecule has 0 saturated carbocycles. The highest BCUT2D eigenvalue weighted by Crippen LogP contribution is 2.30. The Hall–Kier alpha value is -1.77. The van der Waals surface area contributed by atoms with Crippen molar-refractivity contribution >= 4 is 0 Å². The molecule has 0 fully saturated rings. The normalized spacial score (nSPS) is 11.4. The molecule has 0 nitrogen and oxygen atoms in total. The van der Waals surface area contributed by atoms with Gasteiger partial charge in [-0.15, -0.1) is 0 Å². The van der Waals surface area contributed by atoms with Crippen LogP contribution >= 0.6 is 0 Å². The first-order valence-corrected chi connectivity index (χ1v) is 4.80. The molecule has 0 atom stereocenters. The van der Waals surface area contributed by atoms with Crippen molar-refractivity contribution < 1.29 is 14.6 Å². The number of hydrogen-bond acceptors (Lipinski definition) is 0. The highest BCUT2D eigenvalue weighted by atomic mass is 19.4. The number of hydrogen-bond donors (Lipinski definition) is 0. The first-order chi connectivity index (χ1) is 7.57. The molecule has 0 aromatic heterocycles. The van der Waals surface area contributed by atoms with Gasteiger partial charge in [0.25, 0.3) is 0 Å². The fraction of sp³-hybridized carbons (Fsp3) is 0.0769. The van der Waals surface area contributed by atoms with Crippen molar-refractivity contribution in [1.82, 2.24) is 0 Å². The molecule has 2 rings (SSSR count). The Balaban J connectivity index is 0.00000144. The van der Waals surface area contributed by atoms with Crippen molar-refractivity contribution in [3.8, 4) is 11.1 Å². The van der Waals surface area contributed by atoms with E-state index < -0.39 is 11.7 Å². The monoisotopic (exact) mass is 223 g/mol. The quantitative estimate of drug-likeness (QED) is 0.668. The van der Waals surface area contributed by atoms with Gasteiger partial charge in [0.05, 0.1) is 5.56 Å². The van der Waals surface area contributed by atoms with Gasteiger partial charge in [-0.25, -0.2) is 0 Å². The van der Waals surface area contributed by atoms with Crippen LogP contribution in [-0.2, 0) is 6.18 Å². The Bertz CT molecular complexity index is 460. The molecule has 82 valence electrons. The predicted octanol–water partition coefficient (Wildman–Crippen LogP) is 4.48. The molecule has 0 N–H and O–H groups in total. The van der Waals surface area contributed by atoms with E-state index in [4.69, 9.17) is 0 Å². The standard InChI is InChI=1S/C13H9F3/c14-13(15,16)12-8-6-11(7-9-12)10-4-2-1-3-5-10/h1-9H/p+1. The average molecular weight is 223 g/mol. The van der Waals surface area contributed by atoms with Gasteiger partial charge in [0.2, 0.25) is 0 Å². The maximum Gasteiger partial charge on any atom is 1.00 e. The Morgan fingerprint density at radius 3 is 1.69 bits per heavy atom. The highest BCUT2D eigenvalue weighted by molar-refractivity contribution is 5.63. The van der Waals surface area contributed by atoms with E-state index in [0.717, 1.165) is 23.3 Å². The molecule has 16 heavy (non-hydrogen) atoms. The minimum atomic E-state index is -4.27. The van der Waals surface area contributed by atoms with Crippen LogP contribution in [0, 0.1) is 0 Å². The van der Waals surface area contributed by atoms with Crippen LogP contribution in [-0.4, -0.2) is 0 Å². The first-order valence-electron chi connectivity index (χ1n) is 4.80. The molecule has 0 bridgehead atoms. The summed E-state index contributed by atoms with van der Waals surface area (Å²) < 4.78 is 37.0. The van der Waals surface area contributed by atoms with Crippen molar-refractivity contribution in [1.29, 1.82) is 0 Å². The summed E-state index contributed by atoms with van der Waals surface area (Å²) in [5.41, 5.74) is 1.08. The van der Waals surface area contributed by atoms with Gasteiger partial charge >= 0.3 is 7.60 Å². The van der Waals surface area contributed by atoms with E-state index in [0.29, 0.717) is 0 Å². The summed E-state index contributed by atoms with van der Waals surface area (Å²) >= 11 is 0. The minimum absolute atomic E-state index is 0. The molecule has 0 aliphatic rings. The minimum Gasteiger partial charge on any atom is -0.166 e. The van der Waals surface area contributed by atoms with Crippen molar-refractivity contribution in [3.63, 3.8) is 0 Å². The maximum atomic E-state index is 12.3. The second kappa shape index (κ2) is 4.00. The fourth-order valence-electron chi connectivity index (χ4n) is 1.48. The van der Waals surface area contributed by atoms with Gasteiger partial charge in [-0.05, 0) is 23.3 Å². The van der Waals surface area contributed by atoms with E-state index >= 15 is 0 Å². The molecular formula is C13H10F3+. The molecule has 0 spiro atoms. The molecule has 0 aliphatic carbocycles. The summed E-state index contributed by atoms with van der Waals surface area (Å²) in [6.07, 6.45) is -4.27. The van der Waals surface area contributed by atoms with Gasteiger partial charge in [0.15, 0.2) is 0 Å². The average Bonchev–Trinajstić information content (AvgIpc) is 2.29. The topological polar surface area (TPSA) is 0 Å². The van der Waals surface area contributed by atoms with Crippen LogP contribution < -0.4 is 0 Å². The summed E-state index contributed by atoms with van der Waals surface area (Å²) in [7, 11) is 0. The lowest BCUT2D eigenvalue weighted by Crippen LogP contribution is -2.03. The summed E-state index contributed by atoms with van der Waals surface area (Å²) in [4.78, 5) is 0. The van der Waals surface area contributed by atoms with Crippen LogP contribution in [0.5, 0.6) is 0 Å². The zero-order valence-corrected chi connectivity index (χ0v) is 8.33. The Kier molecular flexibility index (Phi) is 2.69. The Morgan fingerprint density at radius 1 is 0.688 bits per heavy atom. The lowest BCUT2D eigenvalue weighted by atomic mass is 10.0. The molecule has 2 aromatic rings. The van der Waals surface area contributed by atoms with E-state index in [1.807, 2.05) is 30.3 Å². The van der Waals surface area contributed by atoms with Crippen LogP contribution in [0.1, 0.15) is 6.99 Å². The van der Waals surface area contributed by atoms with Crippen molar-refractivity contribution in [2.75, 3.05) is 0 Å². The van der Waals surface area contributed by atoms with Gasteiger partial charge < -0.3 is 0 Å². The first kappa shape index (κ1) is 10.7. The third-order valence-corrected chi connectivity index (χ3v) is 2.32. The summed E-state index contributed by atoms with van der Waals surface area (Å²) in [6, 6.07) is 14.5. The largest absolute Gasteiger partial charge is 1.00 e. The van der Waals surface area contributed by atoms with Crippen LogP contribution in [0.3, 0.4) is 0 Å². The van der Waals surface area contributed by atoms with Gasteiger partial charge in [-0.2, -0.15) is 13.2 Å².